The molecule has 0 saturated heterocycles. The van der Waals surface area contributed by atoms with Crippen molar-refractivity contribution in [1.82, 2.24) is 15.4 Å². The van der Waals surface area contributed by atoms with Gasteiger partial charge in [-0.2, -0.15) is 0 Å². The number of rotatable bonds is 8. The van der Waals surface area contributed by atoms with Gasteiger partial charge in [-0.1, -0.05) is 24.9 Å². The van der Waals surface area contributed by atoms with Crippen molar-refractivity contribution in [2.75, 3.05) is 26.7 Å². The number of nitrogens with one attached hydrogen (secondary N) is 3. The van der Waals surface area contributed by atoms with Crippen molar-refractivity contribution >= 4 is 38.9 Å². The highest BCUT2D eigenvalue weighted by atomic mass is 35.5. The number of thiophene rings is 1. The van der Waals surface area contributed by atoms with Gasteiger partial charge in [-0.3, -0.25) is 4.99 Å². The van der Waals surface area contributed by atoms with Crippen LogP contribution in [0.3, 0.4) is 0 Å². The first kappa shape index (κ1) is 19.5. The van der Waals surface area contributed by atoms with Gasteiger partial charge in [0, 0.05) is 26.7 Å². The largest absolute Gasteiger partial charge is 0.356 e. The van der Waals surface area contributed by atoms with E-state index in [4.69, 9.17) is 11.6 Å². The van der Waals surface area contributed by atoms with Gasteiger partial charge >= 0.3 is 0 Å². The maximum absolute atomic E-state index is 12.1. The molecule has 3 N–H and O–H groups in total. The van der Waals surface area contributed by atoms with Crippen molar-refractivity contribution < 1.29 is 8.42 Å². The van der Waals surface area contributed by atoms with E-state index in [9.17, 15) is 8.42 Å². The van der Waals surface area contributed by atoms with Crippen molar-refractivity contribution in [2.45, 2.75) is 36.8 Å². The second-order valence-corrected chi connectivity index (χ2v) is 9.72. The molecule has 136 valence electrons. The van der Waals surface area contributed by atoms with Crippen molar-refractivity contribution in [1.29, 1.82) is 0 Å². The molecule has 9 heteroatoms. The number of aliphatic imine (C=N–C) groups is 1. The molecule has 1 aliphatic rings. The summed E-state index contributed by atoms with van der Waals surface area (Å²) in [5, 5.41) is 6.47. The first-order valence-corrected chi connectivity index (χ1v) is 10.8. The zero-order valence-electron chi connectivity index (χ0n) is 14.1. The Bertz CT molecular complexity index is 663. The molecule has 1 saturated carbocycles. The molecular weight excluding hydrogens is 368 g/mol. The van der Waals surface area contributed by atoms with Crippen LogP contribution in [0.15, 0.2) is 21.3 Å². The number of sulfonamides is 1. The standard InChI is InChI=1S/C15H25ClN4O2S2/c1-3-15(7-4-8-15)11-19-14(17-2)18-9-10-20-24(21,22)13-6-5-12(16)23-13/h5-6,20H,3-4,7-11H2,1-2H3,(H2,17,18,19). The molecule has 6 nitrogen and oxygen atoms in total. The molecule has 24 heavy (non-hydrogen) atoms. The third-order valence-electron chi connectivity index (χ3n) is 4.54. The summed E-state index contributed by atoms with van der Waals surface area (Å²) in [6.45, 7) is 3.86. The minimum atomic E-state index is -3.49. The third-order valence-corrected chi connectivity index (χ3v) is 7.73. The zero-order chi connectivity index (χ0) is 17.6. The molecule has 1 aromatic rings. The smallest absolute Gasteiger partial charge is 0.250 e. The molecule has 1 fully saturated rings. The van der Waals surface area contributed by atoms with Crippen molar-refractivity contribution in [2.24, 2.45) is 10.4 Å². The molecule has 0 radical (unpaired) electrons. The quantitative estimate of drug-likeness (QED) is 0.360. The maximum atomic E-state index is 12.1. The van der Waals surface area contributed by atoms with Crippen LogP contribution in [0, 0.1) is 5.41 Å². The van der Waals surface area contributed by atoms with E-state index in [0.29, 0.717) is 22.3 Å². The van der Waals surface area contributed by atoms with Gasteiger partial charge in [-0.25, -0.2) is 13.1 Å². The molecule has 0 unspecified atom stereocenters. The fraction of sp³-hybridized carbons (Fsp3) is 0.667. The number of hydrogen-bond acceptors (Lipinski definition) is 4. The number of hydrogen-bond donors (Lipinski definition) is 3. The van der Waals surface area contributed by atoms with E-state index in [0.717, 1.165) is 17.9 Å². The SMILES string of the molecule is CCC1(CNC(=NC)NCCNS(=O)(=O)c2ccc(Cl)s2)CCC1. The molecule has 0 aliphatic heterocycles. The Labute approximate surface area is 153 Å². The van der Waals surface area contributed by atoms with E-state index in [2.05, 4.69) is 27.3 Å². The number of guanidine groups is 1. The highest BCUT2D eigenvalue weighted by Crippen LogP contribution is 2.42. The lowest BCUT2D eigenvalue weighted by Gasteiger charge is -2.41. The Hall–Kier alpha value is -0.830. The lowest BCUT2D eigenvalue weighted by molar-refractivity contribution is 0.131. The van der Waals surface area contributed by atoms with Crippen LogP contribution in [-0.2, 0) is 10.0 Å². The van der Waals surface area contributed by atoms with Crippen LogP contribution in [0.4, 0.5) is 0 Å². The third kappa shape index (κ3) is 5.08. The van der Waals surface area contributed by atoms with Gasteiger partial charge in [-0.05, 0) is 36.8 Å². The summed E-state index contributed by atoms with van der Waals surface area (Å²) in [4.78, 5) is 4.18. The Morgan fingerprint density at radius 2 is 2.08 bits per heavy atom. The normalized spacial score (nSPS) is 17.4. The minimum Gasteiger partial charge on any atom is -0.356 e. The van der Waals surface area contributed by atoms with E-state index >= 15 is 0 Å². The summed E-state index contributed by atoms with van der Waals surface area (Å²) in [6, 6.07) is 3.08. The average Bonchev–Trinajstić information content (AvgIpc) is 2.96. The monoisotopic (exact) mass is 392 g/mol. The van der Waals surface area contributed by atoms with Gasteiger partial charge < -0.3 is 10.6 Å². The summed E-state index contributed by atoms with van der Waals surface area (Å²) in [5.41, 5.74) is 0.400. The molecule has 0 spiro atoms. The fourth-order valence-corrected chi connectivity index (χ4v) is 5.26. The number of nitrogens with zero attached hydrogens (tertiary/aromatic N) is 1. The van der Waals surface area contributed by atoms with Crippen molar-refractivity contribution in [3.63, 3.8) is 0 Å². The van der Waals surface area contributed by atoms with Gasteiger partial charge in [0.05, 0.1) is 4.34 Å². The van der Waals surface area contributed by atoms with Crippen LogP contribution in [0.2, 0.25) is 4.34 Å². The molecule has 0 bridgehead atoms. The Balaban J connectivity index is 1.72. The van der Waals surface area contributed by atoms with Gasteiger partial charge in [0.1, 0.15) is 4.21 Å². The van der Waals surface area contributed by atoms with Crippen LogP contribution in [0.25, 0.3) is 0 Å². The molecule has 0 aromatic carbocycles. The lowest BCUT2D eigenvalue weighted by Crippen LogP contribution is -2.47. The van der Waals surface area contributed by atoms with Crippen LogP contribution < -0.4 is 15.4 Å². The molecule has 0 atom stereocenters. The van der Waals surface area contributed by atoms with Crippen molar-refractivity contribution in [3.05, 3.63) is 16.5 Å². The molecule has 2 rings (SSSR count). The van der Waals surface area contributed by atoms with Gasteiger partial charge in [0.2, 0.25) is 10.0 Å². The highest BCUT2D eigenvalue weighted by Gasteiger charge is 2.34. The van der Waals surface area contributed by atoms with Gasteiger partial charge in [0.15, 0.2) is 5.96 Å². The Kier molecular flexibility index (Phi) is 6.91. The predicted molar refractivity (Wildman–Crippen MR) is 100 cm³/mol. The molecule has 0 amide bonds. The van der Waals surface area contributed by atoms with E-state index < -0.39 is 10.0 Å². The summed E-state index contributed by atoms with van der Waals surface area (Å²) in [5.74, 6) is 0.702. The van der Waals surface area contributed by atoms with Gasteiger partial charge in [0.25, 0.3) is 0 Å². The zero-order valence-corrected chi connectivity index (χ0v) is 16.5. The van der Waals surface area contributed by atoms with Crippen LogP contribution in [0.5, 0.6) is 0 Å². The van der Waals surface area contributed by atoms with E-state index in [1.54, 1.807) is 13.1 Å². The highest BCUT2D eigenvalue weighted by molar-refractivity contribution is 7.91. The van der Waals surface area contributed by atoms with Crippen LogP contribution >= 0.6 is 22.9 Å². The number of halogens is 1. The second kappa shape index (κ2) is 8.51. The van der Waals surface area contributed by atoms with Crippen LogP contribution in [0.1, 0.15) is 32.6 Å². The van der Waals surface area contributed by atoms with E-state index in [-0.39, 0.29) is 10.8 Å². The molecule has 1 aromatic heterocycles. The predicted octanol–water partition coefficient (Wildman–Crippen LogP) is 2.43. The van der Waals surface area contributed by atoms with Crippen molar-refractivity contribution in [3.8, 4) is 0 Å². The first-order chi connectivity index (χ1) is 11.4. The second-order valence-electron chi connectivity index (χ2n) is 6.02. The van der Waals surface area contributed by atoms with E-state index in [1.165, 1.54) is 31.7 Å². The maximum Gasteiger partial charge on any atom is 0.250 e. The fourth-order valence-electron chi connectivity index (χ4n) is 2.70. The minimum absolute atomic E-state index is 0.227. The summed E-state index contributed by atoms with van der Waals surface area (Å²) in [6.07, 6.45) is 4.99. The average molecular weight is 393 g/mol. The van der Waals surface area contributed by atoms with Crippen LogP contribution in [-0.4, -0.2) is 41.1 Å². The Morgan fingerprint density at radius 1 is 1.33 bits per heavy atom. The summed E-state index contributed by atoms with van der Waals surface area (Å²) in [7, 11) is -1.78. The summed E-state index contributed by atoms with van der Waals surface area (Å²) < 4.78 is 27.4. The first-order valence-electron chi connectivity index (χ1n) is 8.10. The summed E-state index contributed by atoms with van der Waals surface area (Å²) >= 11 is 6.82. The Morgan fingerprint density at radius 3 is 2.58 bits per heavy atom. The molecular formula is C15H25ClN4O2S2. The lowest BCUT2D eigenvalue weighted by atomic mass is 9.67. The van der Waals surface area contributed by atoms with Gasteiger partial charge in [-0.15, -0.1) is 11.3 Å². The topological polar surface area (TPSA) is 82.6 Å². The molecule has 1 heterocycles. The molecule has 1 aliphatic carbocycles. The van der Waals surface area contributed by atoms with E-state index in [1.807, 2.05) is 0 Å².